The maximum absolute atomic E-state index is 11.7. The fourth-order valence-electron chi connectivity index (χ4n) is 4.99. The highest BCUT2D eigenvalue weighted by Gasteiger charge is 2.41. The molecular formula is C22H27N7O3. The van der Waals surface area contributed by atoms with E-state index in [1.54, 1.807) is 12.0 Å². The zero-order chi connectivity index (χ0) is 22.2. The van der Waals surface area contributed by atoms with Crippen molar-refractivity contribution in [1.29, 1.82) is 0 Å². The fourth-order valence-corrected chi connectivity index (χ4v) is 4.99. The minimum absolute atomic E-state index is 0.0441. The number of carbonyl (C=O) groups is 1. The molecule has 3 aromatic rings. The molecule has 2 fully saturated rings. The molecule has 1 amide bonds. The summed E-state index contributed by atoms with van der Waals surface area (Å²) < 4.78 is 5.38. The number of piperidine rings is 2. The third kappa shape index (κ3) is 3.88. The number of aryl methyl sites for hydroxylation is 1. The Labute approximate surface area is 185 Å². The van der Waals surface area contributed by atoms with Crippen molar-refractivity contribution in [2.24, 2.45) is 0 Å². The average Bonchev–Trinajstić information content (AvgIpc) is 3.17. The lowest BCUT2D eigenvalue weighted by Crippen LogP contribution is -2.56. The smallest absolute Gasteiger partial charge is 0.407 e. The van der Waals surface area contributed by atoms with Crippen LogP contribution in [0.5, 0.6) is 5.75 Å². The zero-order valence-electron chi connectivity index (χ0n) is 18.1. The van der Waals surface area contributed by atoms with E-state index in [1.807, 2.05) is 31.2 Å². The van der Waals surface area contributed by atoms with Crippen LogP contribution in [0.3, 0.4) is 0 Å². The molecule has 168 valence electrons. The van der Waals surface area contributed by atoms with E-state index in [0.717, 1.165) is 48.7 Å². The number of methoxy groups -OCH3 is 1. The molecule has 32 heavy (non-hydrogen) atoms. The highest BCUT2D eigenvalue weighted by atomic mass is 16.5. The number of hydrogen-bond donors (Lipinski definition) is 4. The minimum atomic E-state index is -0.812. The summed E-state index contributed by atoms with van der Waals surface area (Å²) in [6.45, 7) is 1.94. The van der Waals surface area contributed by atoms with Crippen molar-refractivity contribution in [2.75, 3.05) is 17.7 Å². The van der Waals surface area contributed by atoms with Gasteiger partial charge in [0.05, 0.1) is 12.6 Å². The van der Waals surface area contributed by atoms with E-state index in [-0.39, 0.29) is 18.1 Å². The Balaban J connectivity index is 1.45. The summed E-state index contributed by atoms with van der Waals surface area (Å²) in [6, 6.07) is 7.80. The molecule has 0 spiro atoms. The molecular weight excluding hydrogens is 410 g/mol. The second kappa shape index (κ2) is 8.18. The van der Waals surface area contributed by atoms with E-state index < -0.39 is 6.09 Å². The minimum Gasteiger partial charge on any atom is -0.497 e. The molecule has 10 nitrogen and oxygen atoms in total. The van der Waals surface area contributed by atoms with Crippen LogP contribution in [0.4, 0.5) is 22.4 Å². The monoisotopic (exact) mass is 437 g/mol. The zero-order valence-corrected chi connectivity index (χ0v) is 18.1. The van der Waals surface area contributed by atoms with Gasteiger partial charge < -0.3 is 25.4 Å². The summed E-state index contributed by atoms with van der Waals surface area (Å²) in [6.07, 6.45) is 3.58. The number of aromatic nitrogens is 4. The molecule has 2 atom stereocenters. The number of aromatic amines is 1. The first-order valence-electron chi connectivity index (χ1n) is 10.9. The number of ether oxygens (including phenoxy) is 1. The quantitative estimate of drug-likeness (QED) is 0.473. The topological polar surface area (TPSA) is 128 Å². The Bertz CT molecular complexity index is 1130. The van der Waals surface area contributed by atoms with Crippen molar-refractivity contribution >= 4 is 34.6 Å². The van der Waals surface area contributed by atoms with Gasteiger partial charge in [0.1, 0.15) is 11.6 Å². The summed E-state index contributed by atoms with van der Waals surface area (Å²) in [5.41, 5.74) is 1.70. The molecule has 2 aliphatic heterocycles. The number of benzene rings is 1. The van der Waals surface area contributed by atoms with Crippen LogP contribution in [-0.4, -0.2) is 61.5 Å². The molecule has 5 rings (SSSR count). The third-order valence-electron chi connectivity index (χ3n) is 6.39. The van der Waals surface area contributed by atoms with Crippen LogP contribution in [0.1, 0.15) is 37.8 Å². The Hall–Kier alpha value is -3.56. The van der Waals surface area contributed by atoms with E-state index in [1.165, 1.54) is 0 Å². The molecule has 2 bridgehead atoms. The lowest BCUT2D eigenvalue weighted by atomic mass is 9.82. The maximum Gasteiger partial charge on any atom is 0.407 e. The molecule has 0 saturated carbocycles. The summed E-state index contributed by atoms with van der Waals surface area (Å²) in [5.74, 6) is 2.55. The molecule has 10 heteroatoms. The number of nitrogens with one attached hydrogen (secondary N) is 3. The first-order chi connectivity index (χ1) is 15.5. The molecule has 2 saturated heterocycles. The molecule has 0 aliphatic carbocycles. The molecule has 1 aromatic carbocycles. The summed E-state index contributed by atoms with van der Waals surface area (Å²) >= 11 is 0. The van der Waals surface area contributed by atoms with Crippen LogP contribution in [0.25, 0.3) is 10.9 Å². The van der Waals surface area contributed by atoms with E-state index >= 15 is 0 Å². The summed E-state index contributed by atoms with van der Waals surface area (Å²) in [4.78, 5) is 22.8. The molecule has 2 unspecified atom stereocenters. The Kier molecular flexibility index (Phi) is 5.20. The van der Waals surface area contributed by atoms with Gasteiger partial charge in [-0.15, -0.1) is 0 Å². The van der Waals surface area contributed by atoms with Crippen LogP contribution in [0, 0.1) is 6.92 Å². The van der Waals surface area contributed by atoms with Gasteiger partial charge >= 0.3 is 6.09 Å². The molecule has 4 heterocycles. The molecule has 2 aliphatic rings. The van der Waals surface area contributed by atoms with E-state index in [2.05, 4.69) is 20.8 Å². The highest BCUT2D eigenvalue weighted by Crippen LogP contribution is 2.35. The SMILES string of the molecule is COc1ccc2c(Nc3cc(C)[nH]n3)nc(NC3CC4CCCC(C3)N4C(=O)O)nc2c1. The first-order valence-corrected chi connectivity index (χ1v) is 10.9. The van der Waals surface area contributed by atoms with E-state index in [9.17, 15) is 9.90 Å². The van der Waals surface area contributed by atoms with Crippen LogP contribution in [0.2, 0.25) is 0 Å². The first kappa shape index (κ1) is 20.3. The second-order valence-electron chi connectivity index (χ2n) is 8.58. The van der Waals surface area contributed by atoms with Crippen molar-refractivity contribution in [3.05, 3.63) is 30.0 Å². The van der Waals surface area contributed by atoms with Crippen LogP contribution < -0.4 is 15.4 Å². The third-order valence-corrected chi connectivity index (χ3v) is 6.39. The number of rotatable bonds is 5. The molecule has 4 N–H and O–H groups in total. The Morgan fingerprint density at radius 3 is 2.66 bits per heavy atom. The lowest BCUT2D eigenvalue weighted by molar-refractivity contribution is 0.0385. The summed E-state index contributed by atoms with van der Waals surface area (Å²) in [5, 5.41) is 24.4. The normalized spacial score (nSPS) is 22.6. The van der Waals surface area contributed by atoms with Gasteiger partial charge in [-0.3, -0.25) is 5.10 Å². The molecule has 2 aromatic heterocycles. The van der Waals surface area contributed by atoms with Crippen LogP contribution in [-0.2, 0) is 0 Å². The van der Waals surface area contributed by atoms with Gasteiger partial charge in [0.15, 0.2) is 5.82 Å². The number of H-pyrrole nitrogens is 1. The van der Waals surface area contributed by atoms with Gasteiger partial charge in [-0.1, -0.05) is 0 Å². The average molecular weight is 438 g/mol. The number of fused-ring (bicyclic) bond motifs is 3. The van der Waals surface area contributed by atoms with E-state index in [0.29, 0.717) is 23.3 Å². The van der Waals surface area contributed by atoms with Crippen molar-refractivity contribution < 1.29 is 14.6 Å². The lowest BCUT2D eigenvalue weighted by Gasteiger charge is -2.47. The number of carboxylic acid groups (broad SMARTS) is 1. The van der Waals surface area contributed by atoms with Gasteiger partial charge in [-0.25, -0.2) is 9.78 Å². The van der Waals surface area contributed by atoms with Gasteiger partial charge in [0.25, 0.3) is 0 Å². The van der Waals surface area contributed by atoms with Gasteiger partial charge in [0.2, 0.25) is 5.95 Å². The van der Waals surface area contributed by atoms with Crippen LogP contribution in [0.15, 0.2) is 24.3 Å². The summed E-state index contributed by atoms with van der Waals surface area (Å²) in [7, 11) is 1.63. The Morgan fingerprint density at radius 1 is 1.22 bits per heavy atom. The number of nitrogens with zero attached hydrogens (tertiary/aromatic N) is 4. The van der Waals surface area contributed by atoms with Crippen molar-refractivity contribution in [3.63, 3.8) is 0 Å². The van der Waals surface area contributed by atoms with Crippen molar-refractivity contribution in [1.82, 2.24) is 25.1 Å². The van der Waals surface area contributed by atoms with E-state index in [4.69, 9.17) is 14.7 Å². The number of anilines is 3. The predicted octanol–water partition coefficient (Wildman–Crippen LogP) is 3.89. The van der Waals surface area contributed by atoms with Crippen LogP contribution >= 0.6 is 0 Å². The fraction of sp³-hybridized carbons (Fsp3) is 0.455. The standard InChI is InChI=1S/C22H27N7O3/c1-12-8-19(28-27-12)25-20-17-7-6-16(32-2)11-18(17)24-21(26-20)23-13-9-14-4-3-5-15(10-13)29(14)22(30)31/h6-8,11,13-15H,3-5,9-10H2,1-2H3,(H,30,31)(H3,23,24,25,26,27,28). The van der Waals surface area contributed by atoms with Gasteiger partial charge in [-0.05, 0) is 51.2 Å². The number of hydrogen-bond acceptors (Lipinski definition) is 7. The molecule has 0 radical (unpaired) electrons. The maximum atomic E-state index is 11.7. The van der Waals surface area contributed by atoms with Crippen molar-refractivity contribution in [3.8, 4) is 5.75 Å². The highest BCUT2D eigenvalue weighted by molar-refractivity contribution is 5.92. The van der Waals surface area contributed by atoms with Crippen molar-refractivity contribution in [2.45, 2.75) is 57.2 Å². The Morgan fingerprint density at radius 2 is 2.00 bits per heavy atom. The largest absolute Gasteiger partial charge is 0.497 e. The predicted molar refractivity (Wildman–Crippen MR) is 121 cm³/mol. The second-order valence-corrected chi connectivity index (χ2v) is 8.58. The number of amides is 1. The van der Waals surface area contributed by atoms with Gasteiger partial charge in [-0.2, -0.15) is 10.1 Å². The van der Waals surface area contributed by atoms with Gasteiger partial charge in [0, 0.05) is 41.3 Å².